The van der Waals surface area contributed by atoms with Crippen molar-refractivity contribution in [2.24, 2.45) is 0 Å². The Hall–Kier alpha value is 0.217. The predicted octanol–water partition coefficient (Wildman–Crippen LogP) is 2.20. The van der Waals surface area contributed by atoms with E-state index in [2.05, 4.69) is 20.4 Å². The van der Waals surface area contributed by atoms with E-state index in [-0.39, 0.29) is 0 Å². The first kappa shape index (κ1) is 8.22. The van der Waals surface area contributed by atoms with Gasteiger partial charge in [-0.25, -0.2) is 0 Å². The summed E-state index contributed by atoms with van der Waals surface area (Å²) in [5, 5.41) is 0. The molecule has 1 heteroatoms. The van der Waals surface area contributed by atoms with Crippen LogP contribution < -0.4 is 0 Å². The average Bonchev–Trinajstić information content (AvgIpc) is 1.83. The monoisotopic (exact) mass is 130 g/mol. The Balaban J connectivity index is 2.86. The van der Waals surface area contributed by atoms with Gasteiger partial charge in [-0.3, -0.25) is 0 Å². The van der Waals surface area contributed by atoms with Gasteiger partial charge in [0.05, 0.1) is 0 Å². The maximum Gasteiger partial charge on any atom is 0.0197 e. The largest absolute Gasteiger partial charge is 0.0746 e. The second kappa shape index (κ2) is 5.36. The fourth-order valence-corrected chi connectivity index (χ4v) is 1.45. The molecule has 50 valence electrons. The van der Waals surface area contributed by atoms with Gasteiger partial charge in [-0.1, -0.05) is 45.2 Å². The van der Waals surface area contributed by atoms with Crippen LogP contribution in [0.15, 0.2) is 0 Å². The molecule has 0 aliphatic rings. The van der Waals surface area contributed by atoms with E-state index in [1.54, 1.807) is 0 Å². The molecule has 0 heterocycles. The summed E-state index contributed by atoms with van der Waals surface area (Å²) in [6.07, 6.45) is 4.31. The van der Waals surface area contributed by atoms with E-state index in [0.29, 0.717) is 9.52 Å². The van der Waals surface area contributed by atoms with Crippen molar-refractivity contribution in [2.75, 3.05) is 0 Å². The molecule has 0 amide bonds. The van der Waals surface area contributed by atoms with Gasteiger partial charge in [0.1, 0.15) is 0 Å². The molecule has 0 aromatic carbocycles. The second-order valence-electron chi connectivity index (χ2n) is 2.66. The minimum Gasteiger partial charge on any atom is -0.0746 e. The molecule has 0 radical (unpaired) electrons. The van der Waals surface area contributed by atoms with Crippen LogP contribution in [0.3, 0.4) is 0 Å². The first-order chi connectivity index (χ1) is 3.81. The number of hydrogen-bond acceptors (Lipinski definition) is 0. The topological polar surface area (TPSA) is 0 Å². The number of hydrogen-bond donors (Lipinski definition) is 0. The Labute approximate surface area is 55.5 Å². The fourth-order valence-electron chi connectivity index (χ4n) is 0.757. The molecule has 0 fully saturated rings. The number of rotatable bonds is 4. The Morgan fingerprint density at radius 3 is 2.50 bits per heavy atom. The first-order valence-corrected chi connectivity index (χ1v) is 6.04. The quantitative estimate of drug-likeness (QED) is 0.512. The standard InChI is InChI=1S/C7H18Si/c1-4-5-6-7(2)8-3/h7H,4-6,8H2,1-3H3. The maximum atomic E-state index is 2.40. The van der Waals surface area contributed by atoms with Crippen LogP contribution >= 0.6 is 0 Å². The lowest BCUT2D eigenvalue weighted by atomic mass is 10.2. The Morgan fingerprint density at radius 2 is 2.12 bits per heavy atom. The number of unbranched alkanes of at least 4 members (excludes halogenated alkanes) is 1. The fraction of sp³-hybridized carbons (Fsp3) is 1.00. The van der Waals surface area contributed by atoms with E-state index in [1.807, 2.05) is 0 Å². The summed E-state index contributed by atoms with van der Waals surface area (Å²) in [6, 6.07) is 0. The zero-order valence-electron chi connectivity index (χ0n) is 6.41. The van der Waals surface area contributed by atoms with E-state index in [9.17, 15) is 0 Å². The molecule has 0 aromatic rings. The van der Waals surface area contributed by atoms with Crippen LogP contribution in [0.5, 0.6) is 0 Å². The summed E-state index contributed by atoms with van der Waals surface area (Å²) in [5.41, 5.74) is 1.09. The molecule has 0 rings (SSSR count). The summed E-state index contributed by atoms with van der Waals surface area (Å²) in [4.78, 5) is 0. The highest BCUT2D eigenvalue weighted by Crippen LogP contribution is 2.10. The third kappa shape index (κ3) is 4.38. The van der Waals surface area contributed by atoms with Gasteiger partial charge in [0.25, 0.3) is 0 Å². The van der Waals surface area contributed by atoms with E-state index in [0.717, 1.165) is 5.54 Å². The van der Waals surface area contributed by atoms with Crippen molar-refractivity contribution >= 4 is 9.52 Å². The van der Waals surface area contributed by atoms with Crippen LogP contribution in [-0.2, 0) is 0 Å². The van der Waals surface area contributed by atoms with E-state index < -0.39 is 0 Å². The molecule has 0 N–H and O–H groups in total. The SMILES string of the molecule is CCCCC(C)[SiH2]C. The van der Waals surface area contributed by atoms with Crippen LogP contribution in [-0.4, -0.2) is 9.52 Å². The molecule has 0 bridgehead atoms. The Kier molecular flexibility index (Phi) is 5.50. The minimum absolute atomic E-state index is 0.318. The first-order valence-electron chi connectivity index (χ1n) is 3.81. The highest BCUT2D eigenvalue weighted by Gasteiger charge is 1.95. The molecule has 1 atom stereocenters. The zero-order valence-corrected chi connectivity index (χ0v) is 7.82. The Bertz CT molecular complexity index is 43.7. The smallest absolute Gasteiger partial charge is 0.0197 e. The highest BCUT2D eigenvalue weighted by atomic mass is 28.2. The summed E-state index contributed by atoms with van der Waals surface area (Å²) >= 11 is 0. The van der Waals surface area contributed by atoms with Gasteiger partial charge in [0, 0.05) is 9.52 Å². The van der Waals surface area contributed by atoms with Crippen molar-refractivity contribution < 1.29 is 0 Å². The third-order valence-corrected chi connectivity index (χ3v) is 3.55. The molecule has 1 unspecified atom stereocenters. The molecule has 0 saturated heterocycles. The molecule has 0 aliphatic carbocycles. The molecule has 0 saturated carbocycles. The lowest BCUT2D eigenvalue weighted by Gasteiger charge is -2.03. The van der Waals surface area contributed by atoms with Crippen molar-refractivity contribution in [3.05, 3.63) is 0 Å². The van der Waals surface area contributed by atoms with Gasteiger partial charge >= 0.3 is 0 Å². The molecule has 0 aromatic heterocycles. The third-order valence-electron chi connectivity index (χ3n) is 1.75. The van der Waals surface area contributed by atoms with Crippen LogP contribution in [0, 0.1) is 0 Å². The predicted molar refractivity (Wildman–Crippen MR) is 43.4 cm³/mol. The second-order valence-corrected chi connectivity index (χ2v) is 4.87. The van der Waals surface area contributed by atoms with Crippen molar-refractivity contribution in [1.29, 1.82) is 0 Å². The summed E-state index contributed by atoms with van der Waals surface area (Å²) < 4.78 is 0. The van der Waals surface area contributed by atoms with Gasteiger partial charge in [0.2, 0.25) is 0 Å². The van der Waals surface area contributed by atoms with Crippen molar-refractivity contribution in [3.8, 4) is 0 Å². The maximum absolute atomic E-state index is 2.40. The van der Waals surface area contributed by atoms with Crippen molar-refractivity contribution in [3.63, 3.8) is 0 Å². The summed E-state index contributed by atoms with van der Waals surface area (Å²) in [6.45, 7) is 7.06. The minimum atomic E-state index is 0.318. The van der Waals surface area contributed by atoms with Gasteiger partial charge < -0.3 is 0 Å². The molecular weight excluding hydrogens is 112 g/mol. The van der Waals surface area contributed by atoms with Crippen LogP contribution in [0.1, 0.15) is 33.1 Å². The van der Waals surface area contributed by atoms with Crippen molar-refractivity contribution in [2.45, 2.75) is 45.2 Å². The van der Waals surface area contributed by atoms with Crippen LogP contribution in [0.25, 0.3) is 0 Å². The van der Waals surface area contributed by atoms with Gasteiger partial charge in [0.15, 0.2) is 0 Å². The highest BCUT2D eigenvalue weighted by molar-refractivity contribution is 6.35. The lowest BCUT2D eigenvalue weighted by molar-refractivity contribution is 0.697. The molecule has 8 heavy (non-hydrogen) atoms. The van der Waals surface area contributed by atoms with Crippen LogP contribution in [0.2, 0.25) is 12.1 Å². The van der Waals surface area contributed by atoms with Gasteiger partial charge in [-0.05, 0) is 0 Å². The zero-order chi connectivity index (χ0) is 6.41. The summed E-state index contributed by atoms with van der Waals surface area (Å²) in [5.74, 6) is 0. The van der Waals surface area contributed by atoms with Gasteiger partial charge in [-0.2, -0.15) is 0 Å². The van der Waals surface area contributed by atoms with Gasteiger partial charge in [-0.15, -0.1) is 0 Å². The molecule has 0 nitrogen and oxygen atoms in total. The van der Waals surface area contributed by atoms with Crippen LogP contribution in [0.4, 0.5) is 0 Å². The molecular formula is C7H18Si. The lowest BCUT2D eigenvalue weighted by Crippen LogP contribution is -1.92. The van der Waals surface area contributed by atoms with E-state index >= 15 is 0 Å². The summed E-state index contributed by atoms with van der Waals surface area (Å²) in [7, 11) is 0.318. The van der Waals surface area contributed by atoms with E-state index in [1.165, 1.54) is 19.3 Å². The normalized spacial score (nSPS) is 15.4. The average molecular weight is 130 g/mol. The Morgan fingerprint density at radius 1 is 1.50 bits per heavy atom. The molecule has 0 aliphatic heterocycles. The molecule has 0 spiro atoms. The van der Waals surface area contributed by atoms with E-state index in [4.69, 9.17) is 0 Å². The van der Waals surface area contributed by atoms with Crippen molar-refractivity contribution in [1.82, 2.24) is 0 Å².